The van der Waals surface area contributed by atoms with Crippen LogP contribution >= 0.6 is 11.8 Å². The Labute approximate surface area is 118 Å². The minimum absolute atomic E-state index is 0.138. The molecule has 102 valence electrons. The van der Waals surface area contributed by atoms with Gasteiger partial charge in [0.2, 0.25) is 5.91 Å². The molecule has 0 aromatic heterocycles. The Morgan fingerprint density at radius 1 is 1.42 bits per heavy atom. The third-order valence-corrected chi connectivity index (χ3v) is 5.22. The second-order valence-electron chi connectivity index (χ2n) is 5.68. The lowest BCUT2D eigenvalue weighted by atomic mass is 9.89. The maximum atomic E-state index is 12.0. The van der Waals surface area contributed by atoms with Gasteiger partial charge in [0.25, 0.3) is 0 Å². The monoisotopic (exact) mass is 277 g/mol. The molecule has 0 atom stereocenters. The van der Waals surface area contributed by atoms with Crippen molar-refractivity contribution in [1.82, 2.24) is 4.90 Å². The van der Waals surface area contributed by atoms with E-state index in [9.17, 15) is 9.90 Å². The van der Waals surface area contributed by atoms with Gasteiger partial charge >= 0.3 is 0 Å². The van der Waals surface area contributed by atoms with Crippen LogP contribution in [0.1, 0.15) is 18.4 Å². The molecular weight excluding hydrogens is 258 g/mol. The summed E-state index contributed by atoms with van der Waals surface area (Å²) >= 11 is 1.58. The molecule has 0 bridgehead atoms. The SMILES string of the molecule is Cc1ccccc1SCC(=O)N1CC(O)(C2CC2)C1. The molecule has 1 aliphatic carbocycles. The van der Waals surface area contributed by atoms with Crippen molar-refractivity contribution in [3.8, 4) is 0 Å². The van der Waals surface area contributed by atoms with Gasteiger partial charge in [0.1, 0.15) is 5.60 Å². The van der Waals surface area contributed by atoms with Crippen LogP contribution < -0.4 is 0 Å². The van der Waals surface area contributed by atoms with E-state index in [1.54, 1.807) is 16.7 Å². The van der Waals surface area contributed by atoms with Crippen molar-refractivity contribution in [2.24, 2.45) is 5.92 Å². The summed E-state index contributed by atoms with van der Waals surface area (Å²) in [5, 5.41) is 10.2. The Hall–Kier alpha value is -1.00. The zero-order chi connectivity index (χ0) is 13.5. The Kier molecular flexibility index (Phi) is 3.31. The molecule has 1 aromatic rings. The van der Waals surface area contributed by atoms with Crippen LogP contribution in [0.3, 0.4) is 0 Å². The summed E-state index contributed by atoms with van der Waals surface area (Å²) in [6.45, 7) is 3.12. The minimum atomic E-state index is -0.566. The topological polar surface area (TPSA) is 40.5 Å². The third kappa shape index (κ3) is 2.65. The number of carbonyl (C=O) groups is 1. The van der Waals surface area contributed by atoms with E-state index >= 15 is 0 Å². The Morgan fingerprint density at radius 3 is 2.74 bits per heavy atom. The second kappa shape index (κ2) is 4.84. The molecule has 3 rings (SSSR count). The van der Waals surface area contributed by atoms with Crippen molar-refractivity contribution in [3.63, 3.8) is 0 Å². The van der Waals surface area contributed by atoms with E-state index in [1.807, 2.05) is 18.2 Å². The van der Waals surface area contributed by atoms with Crippen LogP contribution in [-0.4, -0.2) is 40.4 Å². The molecule has 1 saturated heterocycles. The highest BCUT2D eigenvalue weighted by molar-refractivity contribution is 8.00. The van der Waals surface area contributed by atoms with E-state index < -0.39 is 5.60 Å². The smallest absolute Gasteiger partial charge is 0.233 e. The highest BCUT2D eigenvalue weighted by Crippen LogP contribution is 2.44. The Balaban J connectivity index is 1.49. The number of hydrogen-bond donors (Lipinski definition) is 1. The summed E-state index contributed by atoms with van der Waals surface area (Å²) in [6.07, 6.45) is 2.24. The number of β-amino-alcohol motifs (C(OH)–C–C–N with tert-alkyl or cyclic N) is 1. The Bertz CT molecular complexity index is 493. The van der Waals surface area contributed by atoms with E-state index in [0.717, 1.165) is 17.7 Å². The quantitative estimate of drug-likeness (QED) is 0.857. The van der Waals surface area contributed by atoms with Crippen LogP contribution in [0.15, 0.2) is 29.2 Å². The number of aliphatic hydroxyl groups is 1. The molecule has 1 heterocycles. The standard InChI is InChI=1S/C15H19NO2S/c1-11-4-2-3-5-13(11)19-8-14(17)16-9-15(18,10-16)12-6-7-12/h2-5,12,18H,6-10H2,1H3. The fraction of sp³-hybridized carbons (Fsp3) is 0.533. The van der Waals surface area contributed by atoms with Gasteiger partial charge in [0.05, 0.1) is 18.8 Å². The van der Waals surface area contributed by atoms with Gasteiger partial charge < -0.3 is 10.0 Å². The fourth-order valence-corrected chi connectivity index (χ4v) is 3.55. The number of hydrogen-bond acceptors (Lipinski definition) is 3. The van der Waals surface area contributed by atoms with Crippen molar-refractivity contribution in [2.45, 2.75) is 30.3 Å². The van der Waals surface area contributed by atoms with Gasteiger partial charge in [-0.15, -0.1) is 11.8 Å². The van der Waals surface area contributed by atoms with Gasteiger partial charge in [0.15, 0.2) is 0 Å². The van der Waals surface area contributed by atoms with Crippen molar-refractivity contribution < 1.29 is 9.90 Å². The van der Waals surface area contributed by atoms with Crippen molar-refractivity contribution in [1.29, 1.82) is 0 Å². The van der Waals surface area contributed by atoms with Crippen LogP contribution in [0.4, 0.5) is 0 Å². The molecule has 4 heteroatoms. The summed E-state index contributed by atoms with van der Waals surface area (Å²) in [7, 11) is 0. The van der Waals surface area contributed by atoms with E-state index in [2.05, 4.69) is 13.0 Å². The van der Waals surface area contributed by atoms with Crippen LogP contribution in [-0.2, 0) is 4.79 Å². The molecule has 1 amide bonds. The highest BCUT2D eigenvalue weighted by Gasteiger charge is 2.53. The average molecular weight is 277 g/mol. The van der Waals surface area contributed by atoms with Gasteiger partial charge in [-0.1, -0.05) is 18.2 Å². The number of nitrogens with zero attached hydrogens (tertiary/aromatic N) is 1. The first-order valence-electron chi connectivity index (χ1n) is 6.77. The maximum Gasteiger partial charge on any atom is 0.233 e. The summed E-state index contributed by atoms with van der Waals surface area (Å²) in [5.41, 5.74) is 0.640. The van der Waals surface area contributed by atoms with E-state index in [1.165, 1.54) is 5.56 Å². The number of carbonyl (C=O) groups excluding carboxylic acids is 1. The number of amides is 1. The first-order valence-corrected chi connectivity index (χ1v) is 7.76. The number of benzene rings is 1. The normalized spacial score (nSPS) is 21.1. The highest BCUT2D eigenvalue weighted by atomic mass is 32.2. The first kappa shape index (κ1) is 13.0. The summed E-state index contributed by atoms with van der Waals surface area (Å²) < 4.78 is 0. The zero-order valence-corrected chi connectivity index (χ0v) is 11.9. The molecule has 1 aliphatic heterocycles. The predicted octanol–water partition coefficient (Wildman–Crippen LogP) is 2.07. The third-order valence-electron chi connectivity index (χ3n) is 4.06. The van der Waals surface area contributed by atoms with Crippen molar-refractivity contribution in [2.75, 3.05) is 18.8 Å². The lowest BCUT2D eigenvalue weighted by Crippen LogP contribution is -2.65. The molecule has 2 aliphatic rings. The number of aryl methyl sites for hydroxylation is 1. The molecule has 0 unspecified atom stereocenters. The van der Waals surface area contributed by atoms with Gasteiger partial charge in [-0.25, -0.2) is 0 Å². The molecule has 2 fully saturated rings. The van der Waals surface area contributed by atoms with Crippen LogP contribution in [0.25, 0.3) is 0 Å². The van der Waals surface area contributed by atoms with Gasteiger partial charge in [-0.05, 0) is 37.3 Å². The zero-order valence-electron chi connectivity index (χ0n) is 11.1. The fourth-order valence-electron chi connectivity index (χ4n) is 2.62. The van der Waals surface area contributed by atoms with E-state index in [-0.39, 0.29) is 5.91 Å². The molecule has 1 N–H and O–H groups in total. The predicted molar refractivity (Wildman–Crippen MR) is 76.2 cm³/mol. The molecule has 0 spiro atoms. The number of likely N-dealkylation sites (tertiary alicyclic amines) is 1. The molecule has 1 aromatic carbocycles. The molecule has 0 radical (unpaired) electrons. The van der Waals surface area contributed by atoms with Crippen LogP contribution in [0.5, 0.6) is 0 Å². The maximum absolute atomic E-state index is 12.0. The molecule has 1 saturated carbocycles. The van der Waals surface area contributed by atoms with Gasteiger partial charge in [-0.3, -0.25) is 4.79 Å². The summed E-state index contributed by atoms with van der Waals surface area (Å²) in [6, 6.07) is 8.11. The van der Waals surface area contributed by atoms with Gasteiger partial charge in [-0.2, -0.15) is 0 Å². The molecular formula is C15H19NO2S. The van der Waals surface area contributed by atoms with Crippen LogP contribution in [0.2, 0.25) is 0 Å². The van der Waals surface area contributed by atoms with Crippen molar-refractivity contribution >= 4 is 17.7 Å². The lowest BCUT2D eigenvalue weighted by Gasteiger charge is -2.47. The molecule has 19 heavy (non-hydrogen) atoms. The average Bonchev–Trinajstić information content (AvgIpc) is 3.18. The number of rotatable bonds is 4. The summed E-state index contributed by atoms with van der Waals surface area (Å²) in [5.74, 6) is 1.05. The minimum Gasteiger partial charge on any atom is -0.386 e. The van der Waals surface area contributed by atoms with Crippen molar-refractivity contribution in [3.05, 3.63) is 29.8 Å². The lowest BCUT2D eigenvalue weighted by molar-refractivity contribution is -0.156. The number of thioether (sulfide) groups is 1. The van der Waals surface area contributed by atoms with Crippen LogP contribution in [0, 0.1) is 12.8 Å². The first-order chi connectivity index (χ1) is 9.08. The molecule has 3 nitrogen and oxygen atoms in total. The van der Waals surface area contributed by atoms with Gasteiger partial charge in [0, 0.05) is 4.90 Å². The summed E-state index contributed by atoms with van der Waals surface area (Å²) in [4.78, 5) is 15.0. The Morgan fingerprint density at radius 2 is 2.11 bits per heavy atom. The van der Waals surface area contributed by atoms with E-state index in [0.29, 0.717) is 24.8 Å². The second-order valence-corrected chi connectivity index (χ2v) is 6.70. The largest absolute Gasteiger partial charge is 0.386 e. The van der Waals surface area contributed by atoms with E-state index in [4.69, 9.17) is 0 Å².